The second-order valence-corrected chi connectivity index (χ2v) is 5.49. The van der Waals surface area contributed by atoms with Crippen LogP contribution in [0.2, 0.25) is 0 Å². The molecule has 0 aromatic carbocycles. The van der Waals surface area contributed by atoms with E-state index in [1.807, 2.05) is 0 Å². The van der Waals surface area contributed by atoms with Gasteiger partial charge in [0.05, 0.1) is 0 Å². The second kappa shape index (κ2) is 7.81. The third-order valence-corrected chi connectivity index (χ3v) is 3.66. The highest BCUT2D eigenvalue weighted by atomic mass is 28.4. The maximum Gasteiger partial charge on any atom is 0.591 e. The van der Waals surface area contributed by atoms with Gasteiger partial charge >= 0.3 is 14.9 Å². The van der Waals surface area contributed by atoms with Gasteiger partial charge < -0.3 is 24.4 Å². The molecule has 1 saturated heterocycles. The van der Waals surface area contributed by atoms with Crippen molar-refractivity contribution >= 4 is 20.8 Å². The van der Waals surface area contributed by atoms with Crippen molar-refractivity contribution in [2.24, 2.45) is 0 Å². The highest BCUT2D eigenvalue weighted by Crippen LogP contribution is 2.06. The topological polar surface area (TPSA) is 122 Å². The zero-order valence-electron chi connectivity index (χ0n) is 10.4. The lowest BCUT2D eigenvalue weighted by atomic mass is 10.3. The number of aliphatic carboxylic acids is 1. The van der Waals surface area contributed by atoms with Crippen molar-refractivity contribution in [3.05, 3.63) is 25.3 Å². The van der Waals surface area contributed by atoms with Gasteiger partial charge in [0.2, 0.25) is 5.91 Å². The van der Waals surface area contributed by atoms with Crippen LogP contribution >= 0.6 is 0 Å². The number of amides is 1. The van der Waals surface area contributed by atoms with Crippen LogP contribution in [0.4, 0.5) is 0 Å². The van der Waals surface area contributed by atoms with Crippen molar-refractivity contribution in [2.45, 2.75) is 0 Å². The molecule has 0 aromatic heterocycles. The predicted molar refractivity (Wildman–Crippen MR) is 68.6 cm³/mol. The summed E-state index contributed by atoms with van der Waals surface area (Å²) in [5.74, 6) is -1.16. The Morgan fingerprint density at radius 2 is 1.42 bits per heavy atom. The summed E-state index contributed by atoms with van der Waals surface area (Å²) >= 11 is 0. The van der Waals surface area contributed by atoms with Crippen LogP contribution in [0.5, 0.6) is 0 Å². The minimum atomic E-state index is -4.16. The highest BCUT2D eigenvalue weighted by molar-refractivity contribution is 6.52. The summed E-state index contributed by atoms with van der Waals surface area (Å²) in [5.41, 5.74) is 0. The molecule has 1 heterocycles. The number of nitrogens with zero attached hydrogens (tertiary/aromatic N) is 2. The average Bonchev–Trinajstić information content (AvgIpc) is 2.37. The van der Waals surface area contributed by atoms with E-state index in [-0.39, 0.29) is 19.0 Å². The standard InChI is InChI=1S/C7H14N2O4Si.C3H4O2/c1-2-7(10)8-3-5-9(6-4-8)14(11,12)13;1-2-3(4)5/h2,11-13H,1,3-6H2;2H,1H2,(H,4,5). The number of carboxylic acid groups (broad SMARTS) is 1. The molecule has 1 aliphatic heterocycles. The minimum Gasteiger partial charge on any atom is -0.478 e. The molecule has 0 atom stereocenters. The molecule has 1 fully saturated rings. The number of carbonyl (C=O) groups is 2. The lowest BCUT2D eigenvalue weighted by Crippen LogP contribution is -2.61. The summed E-state index contributed by atoms with van der Waals surface area (Å²) < 4.78 is 1.21. The van der Waals surface area contributed by atoms with Gasteiger partial charge in [-0.2, -0.15) is 0 Å². The first kappa shape index (κ1) is 17.5. The Kier molecular flexibility index (Phi) is 7.19. The number of hydrogen-bond donors (Lipinski definition) is 4. The zero-order valence-corrected chi connectivity index (χ0v) is 11.4. The van der Waals surface area contributed by atoms with Gasteiger partial charge in [-0.3, -0.25) is 9.36 Å². The maximum atomic E-state index is 11.1. The van der Waals surface area contributed by atoms with Crippen LogP contribution in [0.1, 0.15) is 0 Å². The van der Waals surface area contributed by atoms with E-state index in [0.29, 0.717) is 13.1 Å². The lowest BCUT2D eigenvalue weighted by Gasteiger charge is -2.36. The molecule has 1 amide bonds. The molecule has 9 heteroatoms. The first-order chi connectivity index (χ1) is 8.72. The van der Waals surface area contributed by atoms with Crippen molar-refractivity contribution < 1.29 is 29.1 Å². The first-order valence-electron chi connectivity index (χ1n) is 5.41. The lowest BCUT2D eigenvalue weighted by molar-refractivity contribution is -0.131. The summed E-state index contributed by atoms with van der Waals surface area (Å²) in [4.78, 5) is 48.9. The van der Waals surface area contributed by atoms with Gasteiger partial charge in [-0.25, -0.2) is 4.79 Å². The Morgan fingerprint density at radius 3 is 1.68 bits per heavy atom. The van der Waals surface area contributed by atoms with Crippen LogP contribution in [0.15, 0.2) is 25.3 Å². The molecule has 1 aliphatic rings. The summed E-state index contributed by atoms with van der Waals surface area (Å²) in [5, 5.41) is 7.60. The van der Waals surface area contributed by atoms with Crippen LogP contribution in [0, 0.1) is 0 Å². The van der Waals surface area contributed by atoms with Crippen molar-refractivity contribution in [2.75, 3.05) is 26.2 Å². The largest absolute Gasteiger partial charge is 0.591 e. The summed E-state index contributed by atoms with van der Waals surface area (Å²) in [7, 11) is -4.16. The molecule has 0 bridgehead atoms. The van der Waals surface area contributed by atoms with Crippen LogP contribution in [-0.4, -0.2) is 76.0 Å². The van der Waals surface area contributed by atoms with E-state index < -0.39 is 14.9 Å². The third-order valence-electron chi connectivity index (χ3n) is 2.36. The maximum absolute atomic E-state index is 11.1. The predicted octanol–water partition coefficient (Wildman–Crippen LogP) is -2.01. The fourth-order valence-electron chi connectivity index (χ4n) is 1.36. The van der Waals surface area contributed by atoms with Gasteiger partial charge in [0.25, 0.3) is 0 Å². The Hall–Kier alpha value is -1.52. The normalized spacial score (nSPS) is 16.1. The van der Waals surface area contributed by atoms with Gasteiger partial charge in [0.1, 0.15) is 0 Å². The van der Waals surface area contributed by atoms with Gasteiger partial charge in [-0.15, -0.1) is 0 Å². The third kappa shape index (κ3) is 6.84. The van der Waals surface area contributed by atoms with Gasteiger partial charge in [-0.1, -0.05) is 13.2 Å². The van der Waals surface area contributed by atoms with E-state index in [1.165, 1.54) is 10.6 Å². The molecular weight excluding hydrogens is 272 g/mol. The Labute approximate surface area is 111 Å². The average molecular weight is 290 g/mol. The van der Waals surface area contributed by atoms with Gasteiger partial charge in [0.15, 0.2) is 0 Å². The van der Waals surface area contributed by atoms with Gasteiger partial charge in [-0.05, 0) is 6.08 Å². The number of rotatable bonds is 3. The highest BCUT2D eigenvalue weighted by Gasteiger charge is 2.39. The smallest absolute Gasteiger partial charge is 0.478 e. The van der Waals surface area contributed by atoms with Crippen LogP contribution in [0.25, 0.3) is 0 Å². The molecule has 0 spiro atoms. The molecule has 0 radical (unpaired) electrons. The molecule has 19 heavy (non-hydrogen) atoms. The summed E-state index contributed by atoms with van der Waals surface area (Å²) in [6.45, 7) is 7.62. The number of carbonyl (C=O) groups excluding carboxylic acids is 1. The molecule has 0 unspecified atom stereocenters. The second-order valence-electron chi connectivity index (χ2n) is 3.66. The molecular formula is C10H18N2O6Si. The van der Waals surface area contributed by atoms with E-state index in [0.717, 1.165) is 6.08 Å². The van der Waals surface area contributed by atoms with E-state index in [4.69, 9.17) is 19.5 Å². The van der Waals surface area contributed by atoms with Crippen LogP contribution in [-0.2, 0) is 9.59 Å². The molecule has 4 N–H and O–H groups in total. The van der Waals surface area contributed by atoms with E-state index in [1.54, 1.807) is 4.90 Å². The minimum absolute atomic E-state index is 0.175. The fourth-order valence-corrected chi connectivity index (χ4v) is 2.16. The Bertz CT molecular complexity index is 346. The van der Waals surface area contributed by atoms with Crippen LogP contribution in [0.3, 0.4) is 0 Å². The fraction of sp³-hybridized carbons (Fsp3) is 0.400. The first-order valence-corrected chi connectivity index (χ1v) is 7.20. The quantitative estimate of drug-likeness (QED) is 0.350. The van der Waals surface area contributed by atoms with E-state index >= 15 is 0 Å². The number of hydrogen-bond acceptors (Lipinski definition) is 6. The molecule has 0 saturated carbocycles. The Morgan fingerprint density at radius 1 is 1.00 bits per heavy atom. The van der Waals surface area contributed by atoms with E-state index in [9.17, 15) is 9.59 Å². The van der Waals surface area contributed by atoms with E-state index in [2.05, 4.69) is 13.2 Å². The summed E-state index contributed by atoms with van der Waals surface area (Å²) in [6.07, 6.45) is 2.05. The van der Waals surface area contributed by atoms with Crippen molar-refractivity contribution in [3.8, 4) is 0 Å². The van der Waals surface area contributed by atoms with Crippen molar-refractivity contribution in [1.29, 1.82) is 0 Å². The molecule has 0 aromatic rings. The molecule has 1 rings (SSSR count). The van der Waals surface area contributed by atoms with Crippen LogP contribution < -0.4 is 0 Å². The number of piperazine rings is 1. The SMILES string of the molecule is C=CC(=O)N1CCN([Si](O)(O)O)CC1.C=CC(=O)O. The van der Waals surface area contributed by atoms with Crippen molar-refractivity contribution in [1.82, 2.24) is 9.47 Å². The molecule has 108 valence electrons. The van der Waals surface area contributed by atoms with Gasteiger partial charge in [0, 0.05) is 32.3 Å². The zero-order chi connectivity index (χ0) is 15.1. The number of carboxylic acids is 1. The summed E-state index contributed by atoms with van der Waals surface area (Å²) in [6, 6.07) is 0. The monoisotopic (exact) mass is 290 g/mol. The molecule has 0 aliphatic carbocycles. The Balaban J connectivity index is 0.000000555. The van der Waals surface area contributed by atoms with Crippen molar-refractivity contribution in [3.63, 3.8) is 0 Å². The molecule has 8 nitrogen and oxygen atoms in total.